The van der Waals surface area contributed by atoms with Crippen LogP contribution in [0.5, 0.6) is 0 Å². The Bertz CT molecular complexity index is 472. The lowest BCUT2D eigenvalue weighted by molar-refractivity contribution is 0.654. The Kier molecular flexibility index (Phi) is 3.31. The number of aromatic nitrogens is 3. The first-order valence-corrected chi connectivity index (χ1v) is 5.52. The largest absolute Gasteiger partial charge is 0.352 e. The van der Waals surface area contributed by atoms with Gasteiger partial charge < -0.3 is 9.88 Å². The molecule has 0 saturated carbocycles. The molecule has 16 heavy (non-hydrogen) atoms. The van der Waals surface area contributed by atoms with Gasteiger partial charge in [-0.3, -0.25) is 4.68 Å². The topological polar surface area (TPSA) is 34.8 Å². The number of hydrogen-bond acceptors (Lipinski definition) is 2. The van der Waals surface area contributed by atoms with Crippen LogP contribution in [0.15, 0.2) is 24.7 Å². The standard InChI is InChI=1S/C11H15ClN4/c1-15-8-10(12)3-11(15)6-13-4-9-5-14-16(2)7-9/h3,5,7-8,13H,4,6H2,1-2H3. The summed E-state index contributed by atoms with van der Waals surface area (Å²) in [5.74, 6) is 0. The third-order valence-electron chi connectivity index (χ3n) is 2.47. The minimum absolute atomic E-state index is 0.778. The van der Waals surface area contributed by atoms with Crippen molar-refractivity contribution in [2.24, 2.45) is 14.1 Å². The summed E-state index contributed by atoms with van der Waals surface area (Å²) in [5.41, 5.74) is 2.36. The second-order valence-corrected chi connectivity index (χ2v) is 4.32. The number of aryl methyl sites for hydroxylation is 2. The average molecular weight is 239 g/mol. The van der Waals surface area contributed by atoms with E-state index in [9.17, 15) is 0 Å². The van der Waals surface area contributed by atoms with E-state index in [2.05, 4.69) is 10.4 Å². The van der Waals surface area contributed by atoms with Crippen molar-refractivity contribution >= 4 is 11.6 Å². The van der Waals surface area contributed by atoms with Crippen LogP contribution >= 0.6 is 11.6 Å². The van der Waals surface area contributed by atoms with Gasteiger partial charge >= 0.3 is 0 Å². The molecule has 0 unspecified atom stereocenters. The van der Waals surface area contributed by atoms with Gasteiger partial charge in [-0.2, -0.15) is 5.10 Å². The zero-order chi connectivity index (χ0) is 11.5. The van der Waals surface area contributed by atoms with E-state index in [4.69, 9.17) is 11.6 Å². The average Bonchev–Trinajstić information content (AvgIpc) is 2.74. The summed E-state index contributed by atoms with van der Waals surface area (Å²) in [4.78, 5) is 0. The minimum atomic E-state index is 0.778. The molecule has 0 amide bonds. The second kappa shape index (κ2) is 4.72. The Labute approximate surface area is 99.8 Å². The van der Waals surface area contributed by atoms with E-state index in [1.807, 2.05) is 43.3 Å². The molecule has 5 heteroatoms. The summed E-state index contributed by atoms with van der Waals surface area (Å²) in [6.45, 7) is 1.62. The third kappa shape index (κ3) is 2.65. The van der Waals surface area contributed by atoms with Crippen molar-refractivity contribution in [3.8, 4) is 0 Å². The first kappa shape index (κ1) is 11.2. The van der Waals surface area contributed by atoms with E-state index >= 15 is 0 Å². The first-order chi connectivity index (χ1) is 7.65. The molecular weight excluding hydrogens is 224 g/mol. The van der Waals surface area contributed by atoms with E-state index in [0.717, 1.165) is 18.1 Å². The molecule has 0 aliphatic rings. The van der Waals surface area contributed by atoms with Crippen molar-refractivity contribution in [2.75, 3.05) is 0 Å². The van der Waals surface area contributed by atoms with E-state index < -0.39 is 0 Å². The summed E-state index contributed by atoms with van der Waals surface area (Å²) < 4.78 is 3.83. The highest BCUT2D eigenvalue weighted by atomic mass is 35.5. The number of nitrogens with zero attached hydrogens (tertiary/aromatic N) is 3. The maximum Gasteiger partial charge on any atom is 0.0585 e. The van der Waals surface area contributed by atoms with Gasteiger partial charge in [0, 0.05) is 50.8 Å². The van der Waals surface area contributed by atoms with Crippen LogP contribution in [0.1, 0.15) is 11.3 Å². The molecule has 1 N–H and O–H groups in total. The zero-order valence-corrected chi connectivity index (χ0v) is 10.2. The van der Waals surface area contributed by atoms with E-state index in [-0.39, 0.29) is 0 Å². The lowest BCUT2D eigenvalue weighted by Gasteiger charge is -2.04. The molecule has 2 aromatic rings. The van der Waals surface area contributed by atoms with Crippen LogP contribution in [-0.2, 0) is 27.2 Å². The smallest absolute Gasteiger partial charge is 0.0585 e. The van der Waals surface area contributed by atoms with Crippen LogP contribution in [0.2, 0.25) is 5.02 Å². The first-order valence-electron chi connectivity index (χ1n) is 5.14. The van der Waals surface area contributed by atoms with Crippen molar-refractivity contribution in [3.63, 3.8) is 0 Å². The lowest BCUT2D eigenvalue weighted by atomic mass is 10.3. The van der Waals surface area contributed by atoms with Gasteiger partial charge in [0.15, 0.2) is 0 Å². The molecule has 2 heterocycles. The summed E-state index contributed by atoms with van der Waals surface area (Å²) in [6, 6.07) is 1.97. The predicted molar refractivity (Wildman–Crippen MR) is 64.2 cm³/mol. The van der Waals surface area contributed by atoms with Crippen molar-refractivity contribution in [3.05, 3.63) is 40.9 Å². The van der Waals surface area contributed by atoms with Gasteiger partial charge in [-0.15, -0.1) is 0 Å². The Morgan fingerprint density at radius 3 is 2.69 bits per heavy atom. The quantitative estimate of drug-likeness (QED) is 0.880. The van der Waals surface area contributed by atoms with Crippen LogP contribution in [0.25, 0.3) is 0 Å². The fourth-order valence-corrected chi connectivity index (χ4v) is 1.91. The summed E-state index contributed by atoms with van der Waals surface area (Å²) >= 11 is 5.90. The van der Waals surface area contributed by atoms with Gasteiger partial charge in [0.1, 0.15) is 0 Å². The number of hydrogen-bond donors (Lipinski definition) is 1. The molecule has 0 aliphatic heterocycles. The van der Waals surface area contributed by atoms with E-state index in [1.54, 1.807) is 4.68 Å². The summed E-state index contributed by atoms with van der Waals surface area (Å²) in [5, 5.41) is 8.25. The molecule has 0 bridgehead atoms. The van der Waals surface area contributed by atoms with Crippen LogP contribution in [-0.4, -0.2) is 14.3 Å². The van der Waals surface area contributed by atoms with Crippen LogP contribution in [0.3, 0.4) is 0 Å². The maximum absolute atomic E-state index is 5.90. The van der Waals surface area contributed by atoms with Crippen molar-refractivity contribution in [2.45, 2.75) is 13.1 Å². The minimum Gasteiger partial charge on any atom is -0.352 e. The van der Waals surface area contributed by atoms with Crippen LogP contribution < -0.4 is 5.32 Å². The molecule has 0 atom stereocenters. The molecule has 0 aromatic carbocycles. The molecule has 0 aliphatic carbocycles. The van der Waals surface area contributed by atoms with E-state index in [0.29, 0.717) is 0 Å². The van der Waals surface area contributed by atoms with Gasteiger partial charge in [-0.1, -0.05) is 11.6 Å². The van der Waals surface area contributed by atoms with Crippen molar-refractivity contribution < 1.29 is 0 Å². The monoisotopic (exact) mass is 238 g/mol. The van der Waals surface area contributed by atoms with E-state index in [1.165, 1.54) is 11.3 Å². The van der Waals surface area contributed by atoms with Gasteiger partial charge in [0.05, 0.1) is 11.2 Å². The van der Waals surface area contributed by atoms with Crippen LogP contribution in [0, 0.1) is 0 Å². The summed E-state index contributed by atoms with van der Waals surface area (Å²) in [6.07, 6.45) is 5.78. The highest BCUT2D eigenvalue weighted by Gasteiger charge is 2.01. The molecular formula is C11H15ClN4. The predicted octanol–water partition coefficient (Wildman–Crippen LogP) is 1.70. The second-order valence-electron chi connectivity index (χ2n) is 3.89. The van der Waals surface area contributed by atoms with Gasteiger partial charge in [-0.25, -0.2) is 0 Å². The molecule has 2 aromatic heterocycles. The molecule has 86 valence electrons. The lowest BCUT2D eigenvalue weighted by Crippen LogP contribution is -2.14. The molecule has 0 fully saturated rings. The SMILES string of the molecule is Cn1cc(CNCc2cc(Cl)cn2C)cn1. The highest BCUT2D eigenvalue weighted by Crippen LogP contribution is 2.12. The number of rotatable bonds is 4. The highest BCUT2D eigenvalue weighted by molar-refractivity contribution is 6.30. The van der Waals surface area contributed by atoms with Gasteiger partial charge in [0.25, 0.3) is 0 Å². The third-order valence-corrected chi connectivity index (χ3v) is 2.67. The number of nitrogens with one attached hydrogen (secondary N) is 1. The van der Waals surface area contributed by atoms with Gasteiger partial charge in [0.2, 0.25) is 0 Å². The van der Waals surface area contributed by atoms with Crippen molar-refractivity contribution in [1.82, 2.24) is 19.7 Å². The fourth-order valence-electron chi connectivity index (χ4n) is 1.64. The zero-order valence-electron chi connectivity index (χ0n) is 9.44. The summed E-state index contributed by atoms with van der Waals surface area (Å²) in [7, 11) is 3.91. The van der Waals surface area contributed by atoms with Crippen molar-refractivity contribution in [1.29, 1.82) is 0 Å². The molecule has 0 saturated heterocycles. The Balaban J connectivity index is 1.86. The van der Waals surface area contributed by atoms with Crippen LogP contribution in [0.4, 0.5) is 0 Å². The number of halogens is 1. The Morgan fingerprint density at radius 1 is 1.31 bits per heavy atom. The normalized spacial score (nSPS) is 10.9. The van der Waals surface area contributed by atoms with Gasteiger partial charge in [-0.05, 0) is 6.07 Å². The maximum atomic E-state index is 5.90. The fraction of sp³-hybridized carbons (Fsp3) is 0.364. The molecule has 0 radical (unpaired) electrons. The molecule has 0 spiro atoms. The Morgan fingerprint density at radius 2 is 2.12 bits per heavy atom. The molecule has 2 rings (SSSR count). The molecule has 4 nitrogen and oxygen atoms in total. The Hall–Kier alpha value is -1.26.